The Morgan fingerprint density at radius 2 is 1.84 bits per heavy atom. The maximum absolute atomic E-state index is 13.4. The Kier molecular flexibility index (Phi) is 3.84. The van der Waals surface area contributed by atoms with Gasteiger partial charge in [0.2, 0.25) is 0 Å². The van der Waals surface area contributed by atoms with Gasteiger partial charge in [-0.05, 0) is 6.92 Å². The second-order valence-corrected chi connectivity index (χ2v) is 3.69. The molecule has 7 heteroatoms. The van der Waals surface area contributed by atoms with Crippen LogP contribution in [0, 0.1) is 17.5 Å². The van der Waals surface area contributed by atoms with Gasteiger partial charge in [-0.25, -0.2) is 18.2 Å². The molecule has 19 heavy (non-hydrogen) atoms. The largest absolute Gasteiger partial charge is 0.369 e. The highest BCUT2D eigenvalue weighted by Gasteiger charge is 2.11. The molecule has 2 rings (SSSR count). The van der Waals surface area contributed by atoms with Crippen LogP contribution in [0.5, 0.6) is 0 Å². The molecule has 0 aliphatic heterocycles. The molecule has 1 aromatic carbocycles. The number of anilines is 3. The molecule has 0 aliphatic carbocycles. The normalized spacial score (nSPS) is 10.3. The van der Waals surface area contributed by atoms with Crippen LogP contribution in [0.25, 0.3) is 0 Å². The van der Waals surface area contributed by atoms with Gasteiger partial charge in [0.15, 0.2) is 17.5 Å². The summed E-state index contributed by atoms with van der Waals surface area (Å²) in [6.45, 7) is 2.52. The van der Waals surface area contributed by atoms with Gasteiger partial charge in [0.1, 0.15) is 11.6 Å². The van der Waals surface area contributed by atoms with E-state index in [9.17, 15) is 13.2 Å². The lowest BCUT2D eigenvalue weighted by Gasteiger charge is -2.09. The predicted molar refractivity (Wildman–Crippen MR) is 65.8 cm³/mol. The number of hydrogen-bond acceptors (Lipinski definition) is 4. The van der Waals surface area contributed by atoms with Crippen molar-refractivity contribution < 1.29 is 13.2 Å². The molecule has 0 atom stereocenters. The van der Waals surface area contributed by atoms with Crippen LogP contribution in [0.2, 0.25) is 0 Å². The van der Waals surface area contributed by atoms with Gasteiger partial charge in [0.05, 0.1) is 18.1 Å². The first-order chi connectivity index (χ1) is 9.10. The Bertz CT molecular complexity index is 589. The average molecular weight is 268 g/mol. The van der Waals surface area contributed by atoms with Crippen LogP contribution in [0.4, 0.5) is 30.5 Å². The first kappa shape index (κ1) is 13.1. The van der Waals surface area contributed by atoms with E-state index in [4.69, 9.17) is 0 Å². The van der Waals surface area contributed by atoms with E-state index in [1.54, 1.807) is 0 Å². The number of nitrogens with zero attached hydrogens (tertiary/aromatic N) is 2. The van der Waals surface area contributed by atoms with Gasteiger partial charge in [-0.3, -0.25) is 4.98 Å². The third kappa shape index (κ3) is 3.12. The molecule has 100 valence electrons. The number of rotatable bonds is 4. The van der Waals surface area contributed by atoms with Crippen molar-refractivity contribution in [1.29, 1.82) is 0 Å². The number of aromatic nitrogens is 2. The summed E-state index contributed by atoms with van der Waals surface area (Å²) in [5.74, 6) is -2.65. The van der Waals surface area contributed by atoms with Crippen molar-refractivity contribution in [2.24, 2.45) is 0 Å². The fraction of sp³-hybridized carbons (Fsp3) is 0.167. The number of halogens is 3. The molecule has 0 unspecified atom stereocenters. The SMILES string of the molecule is CCNc1cncc(Nc2cc(F)cc(F)c2F)n1. The van der Waals surface area contributed by atoms with E-state index < -0.39 is 17.5 Å². The monoisotopic (exact) mass is 268 g/mol. The van der Waals surface area contributed by atoms with Crippen LogP contribution < -0.4 is 10.6 Å². The topological polar surface area (TPSA) is 49.8 Å². The van der Waals surface area contributed by atoms with E-state index in [1.807, 2.05) is 6.92 Å². The Morgan fingerprint density at radius 1 is 1.11 bits per heavy atom. The van der Waals surface area contributed by atoms with Crippen LogP contribution in [-0.4, -0.2) is 16.5 Å². The second kappa shape index (κ2) is 5.55. The molecule has 0 bridgehead atoms. The molecular formula is C12H11F3N4. The zero-order valence-corrected chi connectivity index (χ0v) is 10.0. The zero-order valence-electron chi connectivity index (χ0n) is 10.0. The first-order valence-corrected chi connectivity index (χ1v) is 5.57. The van der Waals surface area contributed by atoms with Crippen LogP contribution in [0.1, 0.15) is 6.92 Å². The Balaban J connectivity index is 2.28. The van der Waals surface area contributed by atoms with Crippen LogP contribution in [0.15, 0.2) is 24.5 Å². The molecule has 0 fully saturated rings. The highest BCUT2D eigenvalue weighted by molar-refractivity contribution is 5.57. The maximum atomic E-state index is 13.4. The van der Waals surface area contributed by atoms with Crippen molar-refractivity contribution in [3.05, 3.63) is 42.0 Å². The van der Waals surface area contributed by atoms with E-state index in [0.29, 0.717) is 18.4 Å². The van der Waals surface area contributed by atoms with Crippen LogP contribution in [0.3, 0.4) is 0 Å². The summed E-state index contributed by atoms with van der Waals surface area (Å²) in [5, 5.41) is 5.40. The highest BCUT2D eigenvalue weighted by Crippen LogP contribution is 2.22. The molecule has 0 amide bonds. The standard InChI is InChI=1S/C12H11F3N4/c1-2-17-10-5-16-6-11(19-10)18-9-4-7(13)3-8(14)12(9)15/h3-6H,2H2,1H3,(H2,17,18,19). The van der Waals surface area contributed by atoms with Gasteiger partial charge in [-0.15, -0.1) is 0 Å². The third-order valence-corrected chi connectivity index (χ3v) is 2.25. The average Bonchev–Trinajstić information content (AvgIpc) is 2.36. The van der Waals surface area contributed by atoms with Crippen molar-refractivity contribution in [3.63, 3.8) is 0 Å². The smallest absolute Gasteiger partial charge is 0.182 e. The highest BCUT2D eigenvalue weighted by atomic mass is 19.2. The van der Waals surface area contributed by atoms with Gasteiger partial charge < -0.3 is 10.6 Å². The number of benzene rings is 1. The van der Waals surface area contributed by atoms with Crippen LogP contribution in [-0.2, 0) is 0 Å². The summed E-state index contributed by atoms with van der Waals surface area (Å²) in [6, 6.07) is 1.32. The molecule has 0 spiro atoms. The number of hydrogen-bond donors (Lipinski definition) is 2. The molecule has 1 aromatic heterocycles. The van der Waals surface area contributed by atoms with Gasteiger partial charge in [0.25, 0.3) is 0 Å². The lowest BCUT2D eigenvalue weighted by atomic mass is 10.3. The van der Waals surface area contributed by atoms with Crippen molar-refractivity contribution in [2.75, 3.05) is 17.2 Å². The molecule has 2 N–H and O–H groups in total. The Hall–Kier alpha value is -2.31. The van der Waals surface area contributed by atoms with Crippen LogP contribution >= 0.6 is 0 Å². The molecule has 0 saturated heterocycles. The molecule has 2 aromatic rings. The van der Waals surface area contributed by atoms with Gasteiger partial charge >= 0.3 is 0 Å². The van der Waals surface area contributed by atoms with Crippen molar-refractivity contribution in [3.8, 4) is 0 Å². The quantitative estimate of drug-likeness (QED) is 0.837. The summed E-state index contributed by atoms with van der Waals surface area (Å²) < 4.78 is 39.5. The van der Waals surface area contributed by atoms with E-state index in [0.717, 1.165) is 6.07 Å². The van der Waals surface area contributed by atoms with E-state index >= 15 is 0 Å². The van der Waals surface area contributed by atoms with Gasteiger partial charge in [0, 0.05) is 18.7 Å². The van der Waals surface area contributed by atoms with Gasteiger partial charge in [-0.1, -0.05) is 0 Å². The summed E-state index contributed by atoms with van der Waals surface area (Å²) in [6.07, 6.45) is 2.81. The van der Waals surface area contributed by atoms with Crippen molar-refractivity contribution in [1.82, 2.24) is 9.97 Å². The maximum Gasteiger partial charge on any atom is 0.182 e. The lowest BCUT2D eigenvalue weighted by Crippen LogP contribution is -2.04. The van der Waals surface area contributed by atoms with E-state index in [-0.39, 0.29) is 11.5 Å². The molecular weight excluding hydrogens is 257 g/mol. The molecule has 1 heterocycles. The number of nitrogens with one attached hydrogen (secondary N) is 2. The van der Waals surface area contributed by atoms with E-state index in [2.05, 4.69) is 20.6 Å². The predicted octanol–water partition coefficient (Wildman–Crippen LogP) is 3.07. The van der Waals surface area contributed by atoms with Gasteiger partial charge in [-0.2, -0.15) is 0 Å². The molecule has 0 radical (unpaired) electrons. The molecule has 0 saturated carbocycles. The second-order valence-electron chi connectivity index (χ2n) is 3.69. The summed E-state index contributed by atoms with van der Waals surface area (Å²) in [7, 11) is 0. The minimum Gasteiger partial charge on any atom is -0.369 e. The minimum absolute atomic E-state index is 0.183. The lowest BCUT2D eigenvalue weighted by molar-refractivity contribution is 0.498. The Labute approximate surface area is 107 Å². The first-order valence-electron chi connectivity index (χ1n) is 5.57. The fourth-order valence-electron chi connectivity index (χ4n) is 1.48. The molecule has 4 nitrogen and oxygen atoms in total. The van der Waals surface area contributed by atoms with E-state index in [1.165, 1.54) is 12.4 Å². The summed E-state index contributed by atoms with van der Waals surface area (Å²) >= 11 is 0. The minimum atomic E-state index is -1.27. The van der Waals surface area contributed by atoms with Crippen molar-refractivity contribution >= 4 is 17.3 Å². The van der Waals surface area contributed by atoms with Crippen molar-refractivity contribution in [2.45, 2.75) is 6.92 Å². The molecule has 0 aliphatic rings. The third-order valence-electron chi connectivity index (χ3n) is 2.25. The Morgan fingerprint density at radius 3 is 2.58 bits per heavy atom. The zero-order chi connectivity index (χ0) is 13.8. The fourth-order valence-corrected chi connectivity index (χ4v) is 1.48. The summed E-state index contributed by atoms with van der Waals surface area (Å²) in [4.78, 5) is 7.94. The summed E-state index contributed by atoms with van der Waals surface area (Å²) in [5.41, 5.74) is -0.333.